The highest BCUT2D eigenvalue weighted by Gasteiger charge is 2.26. The molecule has 2 heterocycles. The van der Waals surface area contributed by atoms with Gasteiger partial charge in [-0.2, -0.15) is 8.70 Å². The van der Waals surface area contributed by atoms with E-state index in [0.717, 1.165) is 6.26 Å². The average molecular weight is 451 g/mol. The maximum Gasteiger partial charge on any atom is 0.336 e. The van der Waals surface area contributed by atoms with Crippen molar-refractivity contribution in [1.82, 2.24) is 14.2 Å². The maximum atomic E-state index is 14.7. The van der Waals surface area contributed by atoms with Crippen LogP contribution in [-0.2, 0) is 16.6 Å². The monoisotopic (exact) mass is 451 g/mol. The van der Waals surface area contributed by atoms with Gasteiger partial charge < -0.3 is 10.2 Å². The molecule has 0 aliphatic carbocycles. The SMILES string of the molecule is Cc1ccc(C(=O)O)c(-c2cc(CN3CCN(S(C)(=O)=O)CC3)cnc2F)c1C(=O)O. The molecule has 166 valence electrons. The van der Waals surface area contributed by atoms with Crippen molar-refractivity contribution in [3.8, 4) is 11.1 Å². The topological polar surface area (TPSA) is 128 Å². The Labute approximate surface area is 178 Å². The molecule has 1 aromatic heterocycles. The van der Waals surface area contributed by atoms with E-state index in [-0.39, 0.29) is 22.3 Å². The molecule has 3 rings (SSSR count). The molecule has 0 saturated carbocycles. The summed E-state index contributed by atoms with van der Waals surface area (Å²) >= 11 is 0. The lowest BCUT2D eigenvalue weighted by Crippen LogP contribution is -2.47. The summed E-state index contributed by atoms with van der Waals surface area (Å²) in [4.78, 5) is 29.2. The fourth-order valence-electron chi connectivity index (χ4n) is 3.67. The minimum Gasteiger partial charge on any atom is -0.478 e. The van der Waals surface area contributed by atoms with E-state index in [1.807, 2.05) is 4.90 Å². The number of carboxylic acid groups (broad SMARTS) is 2. The van der Waals surface area contributed by atoms with E-state index in [1.165, 1.54) is 35.6 Å². The van der Waals surface area contributed by atoms with Crippen LogP contribution in [0.15, 0.2) is 24.4 Å². The van der Waals surface area contributed by atoms with Crippen LogP contribution in [0.5, 0.6) is 0 Å². The summed E-state index contributed by atoms with van der Waals surface area (Å²) in [5.74, 6) is -3.71. The first-order valence-electron chi connectivity index (χ1n) is 9.41. The number of benzene rings is 1. The second-order valence-electron chi connectivity index (χ2n) is 7.41. The number of aromatic carboxylic acids is 2. The number of hydrogen-bond acceptors (Lipinski definition) is 6. The second kappa shape index (κ2) is 8.69. The zero-order chi connectivity index (χ0) is 22.9. The van der Waals surface area contributed by atoms with E-state index in [9.17, 15) is 32.6 Å². The summed E-state index contributed by atoms with van der Waals surface area (Å²) < 4.78 is 39.3. The molecule has 31 heavy (non-hydrogen) atoms. The van der Waals surface area contributed by atoms with Crippen LogP contribution >= 0.6 is 0 Å². The van der Waals surface area contributed by atoms with Gasteiger partial charge in [-0.1, -0.05) is 6.07 Å². The molecule has 2 N–H and O–H groups in total. The van der Waals surface area contributed by atoms with Crippen molar-refractivity contribution in [3.63, 3.8) is 0 Å². The van der Waals surface area contributed by atoms with Crippen molar-refractivity contribution in [2.45, 2.75) is 13.5 Å². The third-order valence-corrected chi connectivity index (χ3v) is 6.53. The van der Waals surface area contributed by atoms with Gasteiger partial charge in [0.25, 0.3) is 0 Å². The van der Waals surface area contributed by atoms with Crippen LogP contribution in [0.2, 0.25) is 0 Å². The summed E-state index contributed by atoms with van der Waals surface area (Å²) in [5.41, 5.74) is -0.200. The van der Waals surface area contributed by atoms with Gasteiger partial charge in [-0.15, -0.1) is 0 Å². The van der Waals surface area contributed by atoms with Gasteiger partial charge in [-0.25, -0.2) is 23.0 Å². The van der Waals surface area contributed by atoms with Crippen LogP contribution in [0.3, 0.4) is 0 Å². The number of nitrogens with zero attached hydrogens (tertiary/aromatic N) is 3. The standard InChI is InChI=1S/C20H22FN3O6S/c1-12-3-4-14(19(25)26)17(16(12)20(27)28)15-9-13(10-22-18(15)21)11-23-5-7-24(8-6-23)31(2,29)30/h3-4,9-10H,5-8,11H2,1-2H3,(H,25,26)(H,27,28). The Kier molecular flexibility index (Phi) is 6.39. The van der Waals surface area contributed by atoms with Gasteiger partial charge in [0, 0.05) is 50.0 Å². The molecule has 0 unspecified atom stereocenters. The van der Waals surface area contributed by atoms with E-state index >= 15 is 0 Å². The summed E-state index contributed by atoms with van der Waals surface area (Å²) in [7, 11) is -3.27. The average Bonchev–Trinajstić information content (AvgIpc) is 2.68. The van der Waals surface area contributed by atoms with E-state index in [0.29, 0.717) is 43.9 Å². The lowest BCUT2D eigenvalue weighted by atomic mass is 9.91. The lowest BCUT2D eigenvalue weighted by molar-refractivity contribution is 0.0695. The Morgan fingerprint density at radius 1 is 1.13 bits per heavy atom. The smallest absolute Gasteiger partial charge is 0.336 e. The molecule has 11 heteroatoms. The minimum atomic E-state index is -3.27. The van der Waals surface area contributed by atoms with E-state index < -0.39 is 27.9 Å². The van der Waals surface area contributed by atoms with Crippen molar-refractivity contribution in [3.05, 3.63) is 52.6 Å². The number of carboxylic acids is 2. The zero-order valence-electron chi connectivity index (χ0n) is 17.0. The van der Waals surface area contributed by atoms with E-state index in [4.69, 9.17) is 0 Å². The third-order valence-electron chi connectivity index (χ3n) is 5.23. The number of piperazine rings is 1. The molecule has 9 nitrogen and oxygen atoms in total. The van der Waals surface area contributed by atoms with Gasteiger partial charge in [0.1, 0.15) is 0 Å². The number of pyridine rings is 1. The minimum absolute atomic E-state index is 0.203. The van der Waals surface area contributed by atoms with Crippen LogP contribution in [0.1, 0.15) is 31.8 Å². The fraction of sp³-hybridized carbons (Fsp3) is 0.350. The number of sulfonamides is 1. The summed E-state index contributed by atoms with van der Waals surface area (Å²) in [6.07, 6.45) is 2.46. The van der Waals surface area contributed by atoms with Crippen molar-refractivity contribution >= 4 is 22.0 Å². The fourth-order valence-corrected chi connectivity index (χ4v) is 4.50. The molecular weight excluding hydrogens is 429 g/mol. The number of aryl methyl sites for hydroxylation is 1. The van der Waals surface area contributed by atoms with Gasteiger partial charge >= 0.3 is 11.9 Å². The molecule has 1 aliphatic rings. The van der Waals surface area contributed by atoms with Crippen LogP contribution < -0.4 is 0 Å². The molecule has 0 atom stereocenters. The lowest BCUT2D eigenvalue weighted by Gasteiger charge is -2.33. The molecule has 1 aromatic carbocycles. The Bertz CT molecular complexity index is 1140. The number of aromatic nitrogens is 1. The van der Waals surface area contributed by atoms with Crippen LogP contribution in [-0.4, -0.2) is 77.2 Å². The molecule has 1 saturated heterocycles. The highest BCUT2D eigenvalue weighted by atomic mass is 32.2. The number of rotatable bonds is 6. The quantitative estimate of drug-likeness (QED) is 0.635. The Morgan fingerprint density at radius 3 is 2.32 bits per heavy atom. The summed E-state index contributed by atoms with van der Waals surface area (Å²) in [6, 6.07) is 4.02. The molecule has 1 fully saturated rings. The molecule has 0 amide bonds. The van der Waals surface area contributed by atoms with Crippen molar-refractivity contribution in [1.29, 1.82) is 0 Å². The van der Waals surface area contributed by atoms with Gasteiger partial charge in [0.15, 0.2) is 0 Å². The van der Waals surface area contributed by atoms with Crippen LogP contribution in [0, 0.1) is 12.9 Å². The Balaban J connectivity index is 1.97. The molecule has 0 radical (unpaired) electrons. The predicted octanol–water partition coefficient (Wildman–Crippen LogP) is 1.67. The van der Waals surface area contributed by atoms with Crippen molar-refractivity contribution in [2.24, 2.45) is 0 Å². The number of hydrogen-bond donors (Lipinski definition) is 2. The first-order valence-corrected chi connectivity index (χ1v) is 11.3. The third kappa shape index (κ3) is 4.89. The molecule has 1 aliphatic heterocycles. The first-order chi connectivity index (χ1) is 14.5. The van der Waals surface area contributed by atoms with E-state index in [1.54, 1.807) is 0 Å². The van der Waals surface area contributed by atoms with Gasteiger partial charge in [0.2, 0.25) is 16.0 Å². The largest absolute Gasteiger partial charge is 0.478 e. The van der Waals surface area contributed by atoms with Crippen molar-refractivity contribution < 1.29 is 32.6 Å². The normalized spacial score (nSPS) is 15.7. The van der Waals surface area contributed by atoms with Crippen molar-refractivity contribution in [2.75, 3.05) is 32.4 Å². The Hall–Kier alpha value is -2.89. The van der Waals surface area contributed by atoms with Crippen LogP contribution in [0.4, 0.5) is 4.39 Å². The molecule has 2 aromatic rings. The summed E-state index contributed by atoms with van der Waals surface area (Å²) in [6.45, 7) is 3.41. The summed E-state index contributed by atoms with van der Waals surface area (Å²) in [5, 5.41) is 19.2. The van der Waals surface area contributed by atoms with Gasteiger partial charge in [-0.05, 0) is 30.2 Å². The molecular formula is C20H22FN3O6S. The maximum absolute atomic E-state index is 14.7. The molecule has 0 bridgehead atoms. The number of halogens is 1. The highest BCUT2D eigenvalue weighted by Crippen LogP contribution is 2.32. The molecule has 0 spiro atoms. The second-order valence-corrected chi connectivity index (χ2v) is 9.39. The van der Waals surface area contributed by atoms with E-state index in [2.05, 4.69) is 4.98 Å². The zero-order valence-corrected chi connectivity index (χ0v) is 17.8. The number of carbonyl (C=O) groups is 2. The van der Waals surface area contributed by atoms with Gasteiger partial charge in [0.05, 0.1) is 17.4 Å². The Morgan fingerprint density at radius 2 is 1.77 bits per heavy atom. The van der Waals surface area contributed by atoms with Crippen LogP contribution in [0.25, 0.3) is 11.1 Å². The highest BCUT2D eigenvalue weighted by molar-refractivity contribution is 7.88. The predicted molar refractivity (Wildman–Crippen MR) is 110 cm³/mol. The first kappa shape index (κ1) is 22.8. The van der Waals surface area contributed by atoms with Gasteiger partial charge in [-0.3, -0.25) is 4.90 Å².